The van der Waals surface area contributed by atoms with Gasteiger partial charge in [-0.05, 0) is 60.7 Å². The number of carbonyl (C=O) groups is 1. The molecular formula is C26H44O5Si. The summed E-state index contributed by atoms with van der Waals surface area (Å²) >= 11 is 0. The van der Waals surface area contributed by atoms with Crippen LogP contribution in [0.2, 0.25) is 16.6 Å². The molecule has 0 spiro atoms. The fourth-order valence-electron chi connectivity index (χ4n) is 4.43. The van der Waals surface area contributed by atoms with Gasteiger partial charge in [-0.15, -0.1) is 0 Å². The second-order valence-electron chi connectivity index (χ2n) is 9.06. The molecule has 0 saturated carbocycles. The number of rotatable bonds is 14. The van der Waals surface area contributed by atoms with E-state index in [1.807, 2.05) is 32.0 Å². The van der Waals surface area contributed by atoms with Crippen molar-refractivity contribution in [3.8, 4) is 11.5 Å². The van der Waals surface area contributed by atoms with Crippen molar-refractivity contribution in [1.82, 2.24) is 0 Å². The van der Waals surface area contributed by atoms with Crippen LogP contribution in [0.1, 0.15) is 74.3 Å². The van der Waals surface area contributed by atoms with Crippen molar-refractivity contribution in [2.75, 3.05) is 26.4 Å². The van der Waals surface area contributed by atoms with Crippen LogP contribution in [0.25, 0.3) is 5.57 Å². The van der Waals surface area contributed by atoms with Crippen molar-refractivity contribution in [3.63, 3.8) is 0 Å². The Morgan fingerprint density at radius 2 is 1.56 bits per heavy atom. The molecule has 1 aromatic carbocycles. The van der Waals surface area contributed by atoms with Crippen molar-refractivity contribution in [1.29, 1.82) is 0 Å². The zero-order valence-electron chi connectivity index (χ0n) is 21.6. The van der Waals surface area contributed by atoms with Crippen molar-refractivity contribution in [2.45, 2.75) is 85.4 Å². The van der Waals surface area contributed by atoms with Crippen LogP contribution in [-0.4, -0.2) is 40.7 Å². The standard InChI is InChI=1S/C26H44O5Si/c1-10-28-15-12-16-30-25-18-23(22(9)17-26(27)29-11-2)13-14-24(25)31-32(19(3)4,20(5)6)21(7)8/h13-14,17-21H,10-12,15-16H2,1-9H3. The number of hydrogen-bond donors (Lipinski definition) is 0. The molecular weight excluding hydrogens is 420 g/mol. The van der Waals surface area contributed by atoms with Crippen LogP contribution in [0, 0.1) is 0 Å². The van der Waals surface area contributed by atoms with Crippen molar-refractivity contribution < 1.29 is 23.4 Å². The molecule has 0 atom stereocenters. The van der Waals surface area contributed by atoms with Crippen LogP contribution in [0.4, 0.5) is 0 Å². The van der Waals surface area contributed by atoms with Crippen LogP contribution < -0.4 is 9.16 Å². The monoisotopic (exact) mass is 464 g/mol. The van der Waals surface area contributed by atoms with Gasteiger partial charge in [0.25, 0.3) is 8.32 Å². The Morgan fingerprint density at radius 1 is 0.938 bits per heavy atom. The van der Waals surface area contributed by atoms with Crippen molar-refractivity contribution >= 4 is 19.9 Å². The molecule has 1 rings (SSSR count). The molecule has 0 radical (unpaired) electrons. The molecule has 182 valence electrons. The van der Waals surface area contributed by atoms with E-state index in [1.165, 1.54) is 6.08 Å². The van der Waals surface area contributed by atoms with Gasteiger partial charge in [-0.25, -0.2) is 4.79 Å². The van der Waals surface area contributed by atoms with Gasteiger partial charge in [0.05, 0.1) is 13.2 Å². The van der Waals surface area contributed by atoms with E-state index in [9.17, 15) is 4.79 Å². The maximum absolute atomic E-state index is 11.9. The Kier molecular flexibility index (Phi) is 12.1. The molecule has 0 bridgehead atoms. The summed E-state index contributed by atoms with van der Waals surface area (Å²) in [4.78, 5) is 11.9. The largest absolute Gasteiger partial charge is 0.540 e. The molecule has 32 heavy (non-hydrogen) atoms. The molecule has 1 aromatic rings. The van der Waals surface area contributed by atoms with Gasteiger partial charge in [0.15, 0.2) is 5.75 Å². The minimum Gasteiger partial charge on any atom is -0.540 e. The Bertz CT molecular complexity index is 718. The summed E-state index contributed by atoms with van der Waals surface area (Å²) in [5.74, 6) is 1.17. The van der Waals surface area contributed by atoms with E-state index in [2.05, 4.69) is 41.5 Å². The van der Waals surface area contributed by atoms with Crippen LogP contribution in [0.15, 0.2) is 24.3 Å². The van der Waals surface area contributed by atoms with Crippen molar-refractivity contribution in [2.24, 2.45) is 0 Å². The lowest BCUT2D eigenvalue weighted by Gasteiger charge is -2.42. The highest BCUT2D eigenvalue weighted by Gasteiger charge is 2.47. The number of allylic oxidation sites excluding steroid dienone is 1. The highest BCUT2D eigenvalue weighted by atomic mass is 28.4. The number of ether oxygens (including phenoxy) is 3. The van der Waals surface area contributed by atoms with E-state index in [0.29, 0.717) is 43.1 Å². The predicted octanol–water partition coefficient (Wildman–Crippen LogP) is 7.01. The van der Waals surface area contributed by atoms with Crippen molar-refractivity contribution in [3.05, 3.63) is 29.8 Å². The molecule has 0 aliphatic heterocycles. The Morgan fingerprint density at radius 3 is 2.09 bits per heavy atom. The molecule has 0 heterocycles. The third kappa shape index (κ3) is 7.66. The van der Waals surface area contributed by atoms with Gasteiger partial charge in [0, 0.05) is 25.7 Å². The molecule has 0 amide bonds. The zero-order chi connectivity index (χ0) is 24.3. The number of carbonyl (C=O) groups excluding carboxylic acids is 1. The summed E-state index contributed by atoms with van der Waals surface area (Å²) in [5.41, 5.74) is 3.11. The predicted molar refractivity (Wildman–Crippen MR) is 135 cm³/mol. The number of benzene rings is 1. The molecule has 0 N–H and O–H groups in total. The van der Waals surface area contributed by atoms with Crippen LogP contribution >= 0.6 is 0 Å². The van der Waals surface area contributed by atoms with E-state index < -0.39 is 8.32 Å². The molecule has 0 aromatic heterocycles. The maximum Gasteiger partial charge on any atom is 0.331 e. The molecule has 5 nitrogen and oxygen atoms in total. The summed E-state index contributed by atoms with van der Waals surface area (Å²) in [6, 6.07) is 5.96. The smallest absolute Gasteiger partial charge is 0.331 e. The van der Waals surface area contributed by atoms with E-state index in [-0.39, 0.29) is 5.97 Å². The lowest BCUT2D eigenvalue weighted by atomic mass is 10.1. The minimum absolute atomic E-state index is 0.338. The summed E-state index contributed by atoms with van der Waals surface area (Å²) < 4.78 is 23.6. The Hall–Kier alpha value is -1.79. The van der Waals surface area contributed by atoms with Crippen LogP contribution in [0.3, 0.4) is 0 Å². The van der Waals surface area contributed by atoms with Gasteiger partial charge in [-0.2, -0.15) is 0 Å². The lowest BCUT2D eigenvalue weighted by Crippen LogP contribution is -2.50. The fraction of sp³-hybridized carbons (Fsp3) is 0.654. The molecule has 0 aliphatic carbocycles. The van der Waals surface area contributed by atoms with E-state index in [1.54, 1.807) is 6.92 Å². The summed E-state index contributed by atoms with van der Waals surface area (Å²) in [5, 5.41) is 0. The second kappa shape index (κ2) is 13.7. The van der Waals surface area contributed by atoms with Gasteiger partial charge >= 0.3 is 5.97 Å². The molecule has 6 heteroatoms. The summed E-state index contributed by atoms with van der Waals surface area (Å²) in [6.07, 6.45) is 2.32. The van der Waals surface area contributed by atoms with Crippen LogP contribution in [-0.2, 0) is 14.3 Å². The molecule has 0 aliphatic rings. The summed E-state index contributed by atoms with van der Waals surface area (Å²) in [6.45, 7) is 21.6. The summed E-state index contributed by atoms with van der Waals surface area (Å²) in [7, 11) is -2.13. The molecule has 0 fully saturated rings. The quantitative estimate of drug-likeness (QED) is 0.128. The van der Waals surface area contributed by atoms with E-state index >= 15 is 0 Å². The Labute approximate surface area is 196 Å². The Balaban J connectivity index is 3.32. The SMILES string of the molecule is CCOCCCOc1cc(C(C)=CC(=O)OCC)ccc1O[Si](C(C)C)(C(C)C)C(C)C. The fourth-order valence-corrected chi connectivity index (χ4v) is 9.68. The minimum atomic E-state index is -2.13. The highest BCUT2D eigenvalue weighted by Crippen LogP contribution is 2.45. The first-order chi connectivity index (χ1) is 15.1. The van der Waals surface area contributed by atoms with Gasteiger partial charge in [-0.1, -0.05) is 47.6 Å². The first-order valence-electron chi connectivity index (χ1n) is 12.0. The third-order valence-electron chi connectivity index (χ3n) is 5.91. The average Bonchev–Trinajstić information content (AvgIpc) is 2.71. The van der Waals surface area contributed by atoms with E-state index in [0.717, 1.165) is 29.1 Å². The topological polar surface area (TPSA) is 54.0 Å². The highest BCUT2D eigenvalue weighted by molar-refractivity contribution is 6.78. The van der Waals surface area contributed by atoms with Gasteiger partial charge in [-0.3, -0.25) is 0 Å². The number of hydrogen-bond acceptors (Lipinski definition) is 5. The van der Waals surface area contributed by atoms with E-state index in [4.69, 9.17) is 18.6 Å². The third-order valence-corrected chi connectivity index (χ3v) is 11.9. The zero-order valence-corrected chi connectivity index (χ0v) is 22.6. The first-order valence-corrected chi connectivity index (χ1v) is 14.1. The average molecular weight is 465 g/mol. The molecule has 0 saturated heterocycles. The number of esters is 1. The normalized spacial score (nSPS) is 12.6. The van der Waals surface area contributed by atoms with Gasteiger partial charge in [0.2, 0.25) is 0 Å². The second-order valence-corrected chi connectivity index (χ2v) is 14.4. The van der Waals surface area contributed by atoms with Gasteiger partial charge in [0.1, 0.15) is 5.75 Å². The van der Waals surface area contributed by atoms with Gasteiger partial charge < -0.3 is 18.6 Å². The first kappa shape index (κ1) is 28.2. The van der Waals surface area contributed by atoms with Crippen LogP contribution in [0.5, 0.6) is 11.5 Å². The maximum atomic E-state index is 11.9. The lowest BCUT2D eigenvalue weighted by molar-refractivity contribution is -0.137. The molecule has 0 unspecified atom stereocenters.